The minimum atomic E-state index is 0.00831. The summed E-state index contributed by atoms with van der Waals surface area (Å²) in [6.07, 6.45) is 5.65. The Morgan fingerprint density at radius 2 is 1.73 bits per heavy atom. The summed E-state index contributed by atoms with van der Waals surface area (Å²) in [6, 6.07) is 10.5. The van der Waals surface area contributed by atoms with Crippen LogP contribution in [0.2, 0.25) is 0 Å². The highest BCUT2D eigenvalue weighted by molar-refractivity contribution is 5.80. The van der Waals surface area contributed by atoms with E-state index in [2.05, 4.69) is 59.1 Å². The fourth-order valence-electron chi connectivity index (χ4n) is 3.45. The van der Waals surface area contributed by atoms with Crippen molar-refractivity contribution in [1.29, 1.82) is 0 Å². The van der Waals surface area contributed by atoms with Gasteiger partial charge in [0, 0.05) is 38.5 Å². The average molecular weight is 359 g/mol. The van der Waals surface area contributed by atoms with Gasteiger partial charge in [-0.3, -0.25) is 9.79 Å². The van der Waals surface area contributed by atoms with Crippen molar-refractivity contribution in [2.24, 2.45) is 10.9 Å². The summed E-state index contributed by atoms with van der Waals surface area (Å²) < 4.78 is 0. The number of rotatable bonds is 8. The number of carbonyl (C=O) groups is 1. The van der Waals surface area contributed by atoms with Crippen molar-refractivity contribution >= 4 is 11.9 Å². The van der Waals surface area contributed by atoms with Crippen molar-refractivity contribution < 1.29 is 4.79 Å². The Bertz CT molecular complexity index is 577. The maximum absolute atomic E-state index is 11.9. The zero-order valence-electron chi connectivity index (χ0n) is 16.5. The molecule has 0 aliphatic heterocycles. The Hall–Kier alpha value is -2.04. The molecule has 1 saturated carbocycles. The van der Waals surface area contributed by atoms with Crippen molar-refractivity contribution in [1.82, 2.24) is 16.0 Å². The van der Waals surface area contributed by atoms with Crippen molar-refractivity contribution in [3.8, 4) is 0 Å². The van der Waals surface area contributed by atoms with Crippen molar-refractivity contribution in [2.75, 3.05) is 26.7 Å². The van der Waals surface area contributed by atoms with Gasteiger partial charge in [-0.2, -0.15) is 0 Å². The first kappa shape index (κ1) is 20.3. The van der Waals surface area contributed by atoms with Gasteiger partial charge in [-0.25, -0.2) is 0 Å². The number of aliphatic imine (C=N–C) groups is 1. The number of hydrogen-bond acceptors (Lipinski definition) is 2. The van der Waals surface area contributed by atoms with Crippen LogP contribution in [0, 0.1) is 5.92 Å². The van der Waals surface area contributed by atoms with Crippen LogP contribution in [0.25, 0.3) is 0 Å². The molecule has 0 unspecified atom stereocenters. The maximum Gasteiger partial charge on any atom is 0.220 e. The molecule has 1 aliphatic rings. The summed E-state index contributed by atoms with van der Waals surface area (Å²) in [7, 11) is 1.77. The lowest BCUT2D eigenvalue weighted by molar-refractivity contribution is -0.121. The van der Waals surface area contributed by atoms with Crippen LogP contribution in [0.5, 0.6) is 0 Å². The third-order valence-electron chi connectivity index (χ3n) is 5.17. The van der Waals surface area contributed by atoms with Crippen molar-refractivity contribution in [3.05, 3.63) is 35.9 Å². The Morgan fingerprint density at radius 1 is 1.08 bits per heavy atom. The lowest BCUT2D eigenvalue weighted by atomic mass is 9.85. The third-order valence-corrected chi connectivity index (χ3v) is 5.17. The molecule has 1 aromatic carbocycles. The minimum Gasteiger partial charge on any atom is -0.356 e. The molecule has 144 valence electrons. The molecule has 2 rings (SSSR count). The van der Waals surface area contributed by atoms with E-state index >= 15 is 0 Å². The molecule has 0 heterocycles. The lowest BCUT2D eigenvalue weighted by Gasteiger charge is -2.26. The first-order chi connectivity index (χ1) is 12.5. The predicted molar refractivity (Wildman–Crippen MR) is 108 cm³/mol. The van der Waals surface area contributed by atoms with E-state index in [1.807, 2.05) is 6.07 Å². The van der Waals surface area contributed by atoms with Gasteiger partial charge in [0.2, 0.25) is 5.91 Å². The zero-order valence-corrected chi connectivity index (χ0v) is 16.5. The van der Waals surface area contributed by atoms with Crippen LogP contribution in [0.3, 0.4) is 0 Å². The average Bonchev–Trinajstić information content (AvgIpc) is 3.14. The van der Waals surface area contributed by atoms with E-state index in [-0.39, 0.29) is 11.3 Å². The van der Waals surface area contributed by atoms with Crippen molar-refractivity contribution in [3.63, 3.8) is 0 Å². The van der Waals surface area contributed by atoms with Crippen LogP contribution in [0.4, 0.5) is 0 Å². The second kappa shape index (κ2) is 10.2. The molecule has 0 atom stereocenters. The largest absolute Gasteiger partial charge is 0.356 e. The van der Waals surface area contributed by atoms with E-state index in [1.54, 1.807) is 7.05 Å². The fourth-order valence-corrected chi connectivity index (χ4v) is 3.45. The Balaban J connectivity index is 1.65. The molecule has 0 saturated heterocycles. The van der Waals surface area contributed by atoms with Gasteiger partial charge in [0.25, 0.3) is 0 Å². The first-order valence-electron chi connectivity index (χ1n) is 9.78. The van der Waals surface area contributed by atoms with Gasteiger partial charge in [-0.05, 0) is 24.3 Å². The topological polar surface area (TPSA) is 65.5 Å². The molecule has 1 aliphatic carbocycles. The van der Waals surface area contributed by atoms with E-state index in [0.29, 0.717) is 25.4 Å². The van der Waals surface area contributed by atoms with Crippen LogP contribution in [0.1, 0.15) is 51.5 Å². The highest BCUT2D eigenvalue weighted by Crippen LogP contribution is 2.27. The molecule has 26 heavy (non-hydrogen) atoms. The van der Waals surface area contributed by atoms with Gasteiger partial charge < -0.3 is 16.0 Å². The molecule has 5 heteroatoms. The highest BCUT2D eigenvalue weighted by Gasteiger charge is 2.20. The molecule has 1 aromatic rings. The SMILES string of the molecule is CN=C(NCCNC(=O)CC1CCCC1)NCC(C)(C)c1ccccc1. The van der Waals surface area contributed by atoms with Crippen LogP contribution in [-0.4, -0.2) is 38.5 Å². The molecule has 0 spiro atoms. The summed E-state index contributed by atoms with van der Waals surface area (Å²) in [5.74, 6) is 1.53. The molecular formula is C21H34N4O. The van der Waals surface area contributed by atoms with E-state index in [1.165, 1.54) is 31.2 Å². The second-order valence-electron chi connectivity index (χ2n) is 7.81. The molecular weight excluding hydrogens is 324 g/mol. The monoisotopic (exact) mass is 358 g/mol. The Morgan fingerprint density at radius 3 is 2.38 bits per heavy atom. The van der Waals surface area contributed by atoms with Crippen LogP contribution in [-0.2, 0) is 10.2 Å². The standard InChI is InChI=1S/C21H34N4O/c1-21(2,18-11-5-4-6-12-18)16-25-20(22-3)24-14-13-23-19(26)15-17-9-7-8-10-17/h4-6,11-12,17H,7-10,13-16H2,1-3H3,(H,23,26)(H2,22,24,25). The summed E-state index contributed by atoms with van der Waals surface area (Å²) in [5.41, 5.74) is 1.30. The zero-order chi connectivity index (χ0) is 18.8. The molecule has 5 nitrogen and oxygen atoms in total. The second-order valence-corrected chi connectivity index (χ2v) is 7.81. The van der Waals surface area contributed by atoms with Gasteiger partial charge >= 0.3 is 0 Å². The molecule has 3 N–H and O–H groups in total. The minimum absolute atomic E-state index is 0.00831. The maximum atomic E-state index is 11.9. The van der Waals surface area contributed by atoms with Gasteiger partial charge in [0.1, 0.15) is 0 Å². The van der Waals surface area contributed by atoms with Crippen LogP contribution >= 0.6 is 0 Å². The number of carbonyl (C=O) groups excluding carboxylic acids is 1. The van der Waals surface area contributed by atoms with Gasteiger partial charge in [0.15, 0.2) is 5.96 Å². The fraction of sp³-hybridized carbons (Fsp3) is 0.619. The van der Waals surface area contributed by atoms with Gasteiger partial charge in [-0.15, -0.1) is 0 Å². The number of guanidine groups is 1. The Kier molecular flexibility index (Phi) is 7.95. The predicted octanol–water partition coefficient (Wildman–Crippen LogP) is 2.83. The molecule has 1 fully saturated rings. The van der Waals surface area contributed by atoms with Gasteiger partial charge in [0.05, 0.1) is 0 Å². The summed E-state index contributed by atoms with van der Waals surface area (Å²) in [4.78, 5) is 16.2. The number of nitrogens with zero attached hydrogens (tertiary/aromatic N) is 1. The number of amides is 1. The smallest absolute Gasteiger partial charge is 0.220 e. The quantitative estimate of drug-likeness (QED) is 0.380. The summed E-state index contributed by atoms with van der Waals surface area (Å²) in [5, 5.41) is 9.65. The van der Waals surface area contributed by atoms with E-state index in [4.69, 9.17) is 0 Å². The highest BCUT2D eigenvalue weighted by atomic mass is 16.1. The normalized spacial score (nSPS) is 15.7. The molecule has 0 aromatic heterocycles. The molecule has 0 bridgehead atoms. The van der Waals surface area contributed by atoms with E-state index in [0.717, 1.165) is 12.5 Å². The van der Waals surface area contributed by atoms with Crippen LogP contribution < -0.4 is 16.0 Å². The van der Waals surface area contributed by atoms with E-state index < -0.39 is 0 Å². The lowest BCUT2D eigenvalue weighted by Crippen LogP contribution is -2.45. The first-order valence-corrected chi connectivity index (χ1v) is 9.78. The number of nitrogens with one attached hydrogen (secondary N) is 3. The number of hydrogen-bond donors (Lipinski definition) is 3. The van der Waals surface area contributed by atoms with E-state index in [9.17, 15) is 4.79 Å². The molecule has 0 radical (unpaired) electrons. The number of benzene rings is 1. The third kappa shape index (κ3) is 6.70. The van der Waals surface area contributed by atoms with Gasteiger partial charge in [-0.1, -0.05) is 57.0 Å². The van der Waals surface area contributed by atoms with Crippen molar-refractivity contribution in [2.45, 2.75) is 51.4 Å². The summed E-state index contributed by atoms with van der Waals surface area (Å²) >= 11 is 0. The van der Waals surface area contributed by atoms with Crippen LogP contribution in [0.15, 0.2) is 35.3 Å². The molecule has 1 amide bonds. The summed E-state index contributed by atoms with van der Waals surface area (Å²) in [6.45, 7) is 6.50. The Labute approximate surface area is 158 Å².